The van der Waals surface area contributed by atoms with E-state index in [4.69, 9.17) is 9.84 Å². The SMILES string of the molecule is CCCCCCCCCCc1c(I)cc(OC(=O)O)c(O)c1CCCCCCCCCC. The zero-order chi connectivity index (χ0) is 23.6. The van der Waals surface area contributed by atoms with Crippen LogP contribution < -0.4 is 4.74 Å². The van der Waals surface area contributed by atoms with Gasteiger partial charge in [-0.3, -0.25) is 0 Å². The Morgan fingerprint density at radius 3 is 1.59 bits per heavy atom. The molecule has 0 heterocycles. The highest BCUT2D eigenvalue weighted by Gasteiger charge is 2.19. The quantitative estimate of drug-likeness (QED) is 0.0766. The van der Waals surface area contributed by atoms with Gasteiger partial charge in [-0.1, -0.05) is 104 Å². The Labute approximate surface area is 209 Å². The van der Waals surface area contributed by atoms with Gasteiger partial charge in [-0.2, -0.15) is 0 Å². The molecule has 0 aliphatic carbocycles. The third-order valence-corrected chi connectivity index (χ3v) is 7.15. The van der Waals surface area contributed by atoms with Crippen LogP contribution in [0, 0.1) is 3.57 Å². The third kappa shape index (κ3) is 12.3. The number of rotatable bonds is 19. The molecular weight excluding hydrogens is 515 g/mol. The third-order valence-electron chi connectivity index (χ3n) is 6.19. The van der Waals surface area contributed by atoms with Crippen LogP contribution in [0.1, 0.15) is 128 Å². The number of hydrogen-bond donors (Lipinski definition) is 2. The first-order valence-electron chi connectivity index (χ1n) is 12.9. The van der Waals surface area contributed by atoms with Crippen LogP contribution in [-0.2, 0) is 12.8 Å². The summed E-state index contributed by atoms with van der Waals surface area (Å²) in [5.74, 6) is 0.0847. The van der Waals surface area contributed by atoms with E-state index in [0.717, 1.165) is 41.2 Å². The number of carbonyl (C=O) groups is 1. The molecule has 0 aromatic heterocycles. The molecule has 32 heavy (non-hydrogen) atoms. The van der Waals surface area contributed by atoms with E-state index in [-0.39, 0.29) is 11.5 Å². The highest BCUT2D eigenvalue weighted by atomic mass is 127. The predicted octanol–water partition coefficient (Wildman–Crippen LogP) is 9.42. The van der Waals surface area contributed by atoms with Gasteiger partial charge in [-0.05, 0) is 59.9 Å². The van der Waals surface area contributed by atoms with Crippen LogP contribution >= 0.6 is 22.6 Å². The van der Waals surface area contributed by atoms with E-state index in [2.05, 4.69) is 36.4 Å². The summed E-state index contributed by atoms with van der Waals surface area (Å²) in [6, 6.07) is 1.67. The second kappa shape index (κ2) is 18.4. The van der Waals surface area contributed by atoms with Crippen LogP contribution in [0.4, 0.5) is 4.79 Å². The summed E-state index contributed by atoms with van der Waals surface area (Å²) in [6.45, 7) is 4.48. The summed E-state index contributed by atoms with van der Waals surface area (Å²) in [5.41, 5.74) is 2.07. The number of ether oxygens (including phenoxy) is 1. The largest absolute Gasteiger partial charge is 0.511 e. The Kier molecular flexibility index (Phi) is 16.7. The fourth-order valence-corrected chi connectivity index (χ4v) is 5.17. The van der Waals surface area contributed by atoms with Crippen molar-refractivity contribution < 1.29 is 19.7 Å². The molecule has 0 saturated carbocycles. The maximum atomic E-state index is 11.0. The highest BCUT2D eigenvalue weighted by Crippen LogP contribution is 2.38. The van der Waals surface area contributed by atoms with Crippen LogP contribution in [0.15, 0.2) is 6.07 Å². The Morgan fingerprint density at radius 1 is 0.750 bits per heavy atom. The van der Waals surface area contributed by atoms with Crippen molar-refractivity contribution in [3.05, 3.63) is 20.8 Å². The van der Waals surface area contributed by atoms with Crippen molar-refractivity contribution in [2.45, 2.75) is 129 Å². The molecule has 184 valence electrons. The molecule has 0 amide bonds. The normalized spacial score (nSPS) is 11.1. The van der Waals surface area contributed by atoms with Crippen molar-refractivity contribution >= 4 is 28.7 Å². The van der Waals surface area contributed by atoms with Gasteiger partial charge < -0.3 is 14.9 Å². The minimum absolute atomic E-state index is 0.0188. The lowest BCUT2D eigenvalue weighted by molar-refractivity contribution is 0.142. The molecule has 2 N–H and O–H groups in total. The van der Waals surface area contributed by atoms with Crippen molar-refractivity contribution in [2.24, 2.45) is 0 Å². The molecule has 5 heteroatoms. The summed E-state index contributed by atoms with van der Waals surface area (Å²) >= 11 is 2.26. The lowest BCUT2D eigenvalue weighted by Crippen LogP contribution is -2.07. The molecule has 4 nitrogen and oxygen atoms in total. The number of carboxylic acid groups (broad SMARTS) is 1. The van der Waals surface area contributed by atoms with Crippen LogP contribution in [-0.4, -0.2) is 16.4 Å². The summed E-state index contributed by atoms with van der Waals surface area (Å²) in [6.07, 6.45) is 20.4. The van der Waals surface area contributed by atoms with Gasteiger partial charge in [0.05, 0.1) is 0 Å². The standard InChI is InChI=1S/C27H45IO4/c1-3-5-7-9-11-13-15-17-19-22-23(20-18-16-14-12-10-8-6-4-2)26(29)25(21-24(22)28)32-27(30)31/h21,29H,3-20H2,1-2H3,(H,30,31). The van der Waals surface area contributed by atoms with Crippen molar-refractivity contribution in [1.82, 2.24) is 0 Å². The zero-order valence-electron chi connectivity index (χ0n) is 20.4. The number of phenolic OH excluding ortho intramolecular Hbond substituents is 1. The van der Waals surface area contributed by atoms with Crippen molar-refractivity contribution in [3.63, 3.8) is 0 Å². The van der Waals surface area contributed by atoms with Crippen LogP contribution in [0.25, 0.3) is 0 Å². The van der Waals surface area contributed by atoms with E-state index in [1.165, 1.54) is 89.0 Å². The summed E-state index contributed by atoms with van der Waals surface area (Å²) in [5, 5.41) is 19.8. The van der Waals surface area contributed by atoms with E-state index in [0.29, 0.717) is 0 Å². The van der Waals surface area contributed by atoms with Gasteiger partial charge in [0.1, 0.15) is 0 Å². The Balaban J connectivity index is 2.63. The number of phenols is 1. The fraction of sp³-hybridized carbons (Fsp3) is 0.741. The van der Waals surface area contributed by atoms with Crippen LogP contribution in [0.3, 0.4) is 0 Å². The van der Waals surface area contributed by atoms with Gasteiger partial charge in [0, 0.05) is 9.13 Å². The van der Waals surface area contributed by atoms with Gasteiger partial charge >= 0.3 is 6.16 Å². The summed E-state index contributed by atoms with van der Waals surface area (Å²) in [7, 11) is 0. The molecule has 0 aliphatic heterocycles. The Hall–Kier alpha value is -0.980. The van der Waals surface area contributed by atoms with Crippen molar-refractivity contribution in [2.75, 3.05) is 0 Å². The number of halogens is 1. The van der Waals surface area contributed by atoms with Crippen LogP contribution in [0.2, 0.25) is 0 Å². The molecule has 0 saturated heterocycles. The fourth-order valence-electron chi connectivity index (χ4n) is 4.29. The Morgan fingerprint density at radius 2 is 1.16 bits per heavy atom. The lowest BCUT2D eigenvalue weighted by atomic mass is 9.95. The van der Waals surface area contributed by atoms with Crippen LogP contribution in [0.5, 0.6) is 11.5 Å². The monoisotopic (exact) mass is 560 g/mol. The van der Waals surface area contributed by atoms with Crippen molar-refractivity contribution in [1.29, 1.82) is 0 Å². The average molecular weight is 561 g/mol. The van der Waals surface area contributed by atoms with E-state index >= 15 is 0 Å². The first-order chi connectivity index (χ1) is 15.5. The number of hydrogen-bond acceptors (Lipinski definition) is 3. The van der Waals surface area contributed by atoms with Gasteiger partial charge in [-0.25, -0.2) is 4.79 Å². The Bertz CT molecular complexity index is 645. The number of aromatic hydroxyl groups is 1. The average Bonchev–Trinajstić information content (AvgIpc) is 2.76. The molecule has 0 unspecified atom stereocenters. The molecule has 0 spiro atoms. The molecule has 1 aromatic carbocycles. The van der Waals surface area contributed by atoms with Crippen molar-refractivity contribution in [3.8, 4) is 11.5 Å². The van der Waals surface area contributed by atoms with Gasteiger partial charge in [0.2, 0.25) is 0 Å². The first-order valence-corrected chi connectivity index (χ1v) is 14.0. The van der Waals surface area contributed by atoms with E-state index in [1.807, 2.05) is 0 Å². The molecule has 0 fully saturated rings. The van der Waals surface area contributed by atoms with E-state index in [9.17, 15) is 9.90 Å². The molecule has 0 aliphatic rings. The summed E-state index contributed by atoms with van der Waals surface area (Å²) < 4.78 is 5.85. The van der Waals surface area contributed by atoms with Gasteiger partial charge in [0.15, 0.2) is 11.5 Å². The highest BCUT2D eigenvalue weighted by molar-refractivity contribution is 14.1. The maximum Gasteiger partial charge on any atom is 0.511 e. The second-order valence-corrected chi connectivity index (χ2v) is 10.1. The number of unbranched alkanes of at least 4 members (excludes halogenated alkanes) is 14. The molecule has 0 radical (unpaired) electrons. The van der Waals surface area contributed by atoms with E-state index in [1.54, 1.807) is 6.07 Å². The lowest BCUT2D eigenvalue weighted by Gasteiger charge is -2.16. The maximum absolute atomic E-state index is 11.0. The molecule has 1 aromatic rings. The molecule has 0 bridgehead atoms. The van der Waals surface area contributed by atoms with Gasteiger partial charge in [-0.15, -0.1) is 0 Å². The minimum atomic E-state index is -1.38. The first kappa shape index (κ1) is 29.1. The molecule has 1 rings (SSSR count). The number of benzene rings is 1. The second-order valence-electron chi connectivity index (χ2n) is 8.98. The smallest absolute Gasteiger partial charge is 0.504 e. The topological polar surface area (TPSA) is 66.8 Å². The molecule has 0 atom stereocenters. The molecular formula is C27H45IO4. The van der Waals surface area contributed by atoms with E-state index < -0.39 is 6.16 Å². The predicted molar refractivity (Wildman–Crippen MR) is 142 cm³/mol. The van der Waals surface area contributed by atoms with Gasteiger partial charge in [0.25, 0.3) is 0 Å². The zero-order valence-corrected chi connectivity index (χ0v) is 22.6. The summed E-state index contributed by atoms with van der Waals surface area (Å²) in [4.78, 5) is 11.0. The minimum Gasteiger partial charge on any atom is -0.504 e.